The summed E-state index contributed by atoms with van der Waals surface area (Å²) in [5.74, 6) is 0.354. The molecular formula is C13H16O. The molecule has 0 saturated heterocycles. The van der Waals surface area contributed by atoms with E-state index in [2.05, 4.69) is 6.92 Å². The maximum absolute atomic E-state index is 12.2. The molecule has 0 aromatic heterocycles. The van der Waals surface area contributed by atoms with Gasteiger partial charge in [0.2, 0.25) is 0 Å². The largest absolute Gasteiger partial charge is 0.294 e. The zero-order chi connectivity index (χ0) is 10.0. The predicted molar refractivity (Wildman–Crippen MR) is 57.3 cm³/mol. The van der Waals surface area contributed by atoms with Gasteiger partial charge >= 0.3 is 0 Å². The first-order chi connectivity index (χ1) is 6.78. The van der Waals surface area contributed by atoms with Gasteiger partial charge in [-0.1, -0.05) is 43.7 Å². The third kappa shape index (κ3) is 1.37. The second-order valence-electron chi connectivity index (χ2n) is 4.18. The van der Waals surface area contributed by atoms with Crippen LogP contribution in [0.4, 0.5) is 0 Å². The normalized spacial score (nSPS) is 18.6. The summed E-state index contributed by atoms with van der Waals surface area (Å²) in [6.45, 7) is 2.12. The van der Waals surface area contributed by atoms with E-state index in [1.54, 1.807) is 0 Å². The Morgan fingerprint density at radius 3 is 2.36 bits per heavy atom. The minimum absolute atomic E-state index is 0.0125. The molecular weight excluding hydrogens is 172 g/mol. The summed E-state index contributed by atoms with van der Waals surface area (Å²) in [5, 5.41) is 0. The van der Waals surface area contributed by atoms with E-state index in [4.69, 9.17) is 0 Å². The number of hydrogen-bond acceptors (Lipinski definition) is 1. The molecule has 2 rings (SSSR count). The molecule has 0 heterocycles. The van der Waals surface area contributed by atoms with Crippen molar-refractivity contribution in [1.29, 1.82) is 0 Å². The zero-order valence-electron chi connectivity index (χ0n) is 8.62. The van der Waals surface area contributed by atoms with Crippen molar-refractivity contribution in [2.75, 3.05) is 0 Å². The van der Waals surface area contributed by atoms with E-state index in [-0.39, 0.29) is 5.41 Å². The van der Waals surface area contributed by atoms with E-state index in [0.29, 0.717) is 5.78 Å². The second kappa shape index (κ2) is 3.56. The number of ketones is 1. The fourth-order valence-corrected chi connectivity index (χ4v) is 2.24. The number of rotatable bonds is 3. The molecule has 0 N–H and O–H groups in total. The van der Waals surface area contributed by atoms with E-state index in [0.717, 1.165) is 24.8 Å². The Morgan fingerprint density at radius 1 is 1.29 bits per heavy atom. The number of Topliss-reactive ketones (excluding diaryl/α,β-unsaturated/α-hetero) is 1. The van der Waals surface area contributed by atoms with Gasteiger partial charge in [-0.2, -0.15) is 0 Å². The second-order valence-corrected chi connectivity index (χ2v) is 4.18. The maximum Gasteiger partial charge on any atom is 0.168 e. The van der Waals surface area contributed by atoms with Crippen LogP contribution in [0.1, 0.15) is 43.0 Å². The lowest BCUT2D eigenvalue weighted by Crippen LogP contribution is -2.37. The minimum Gasteiger partial charge on any atom is -0.294 e. The van der Waals surface area contributed by atoms with Gasteiger partial charge < -0.3 is 0 Å². The molecule has 0 unspecified atom stereocenters. The lowest BCUT2D eigenvalue weighted by molar-refractivity contribution is 0.0597. The third-order valence-electron chi connectivity index (χ3n) is 3.51. The Kier molecular flexibility index (Phi) is 2.40. The van der Waals surface area contributed by atoms with Crippen LogP contribution in [0.5, 0.6) is 0 Å². The molecule has 1 aromatic rings. The number of carbonyl (C=O) groups excluding carboxylic acids is 1. The molecule has 14 heavy (non-hydrogen) atoms. The van der Waals surface area contributed by atoms with Crippen molar-refractivity contribution in [2.24, 2.45) is 5.41 Å². The van der Waals surface area contributed by atoms with E-state index < -0.39 is 0 Å². The summed E-state index contributed by atoms with van der Waals surface area (Å²) in [6, 6.07) is 9.69. The van der Waals surface area contributed by atoms with Crippen molar-refractivity contribution in [1.82, 2.24) is 0 Å². The number of carbonyl (C=O) groups is 1. The Morgan fingerprint density at radius 2 is 1.93 bits per heavy atom. The lowest BCUT2D eigenvalue weighted by atomic mass is 9.63. The number of benzene rings is 1. The Labute approximate surface area is 85.1 Å². The molecule has 1 heteroatoms. The molecule has 1 fully saturated rings. The van der Waals surface area contributed by atoms with Crippen LogP contribution in [-0.2, 0) is 0 Å². The van der Waals surface area contributed by atoms with Gasteiger partial charge in [-0.3, -0.25) is 4.79 Å². The summed E-state index contributed by atoms with van der Waals surface area (Å²) in [6.07, 6.45) is 4.36. The van der Waals surface area contributed by atoms with Gasteiger partial charge in [0.1, 0.15) is 0 Å². The first-order valence-corrected chi connectivity index (χ1v) is 5.38. The highest BCUT2D eigenvalue weighted by molar-refractivity contribution is 6.01. The van der Waals surface area contributed by atoms with Gasteiger partial charge in [0.05, 0.1) is 0 Å². The summed E-state index contributed by atoms with van der Waals surface area (Å²) in [4.78, 5) is 12.2. The van der Waals surface area contributed by atoms with Crippen LogP contribution in [0.15, 0.2) is 30.3 Å². The first kappa shape index (κ1) is 9.45. The van der Waals surface area contributed by atoms with Crippen LogP contribution in [0.2, 0.25) is 0 Å². The summed E-state index contributed by atoms with van der Waals surface area (Å²) < 4.78 is 0. The molecule has 1 aliphatic rings. The topological polar surface area (TPSA) is 17.1 Å². The van der Waals surface area contributed by atoms with E-state index >= 15 is 0 Å². The minimum atomic E-state index is -0.0125. The fraction of sp³-hybridized carbons (Fsp3) is 0.462. The molecule has 0 radical (unpaired) electrons. The van der Waals surface area contributed by atoms with Crippen molar-refractivity contribution in [3.63, 3.8) is 0 Å². The standard InChI is InChI=1S/C13H16O/c1-2-13(9-6-10-13)12(14)11-7-4-3-5-8-11/h3-5,7-8H,2,6,9-10H2,1H3. The third-order valence-corrected chi connectivity index (χ3v) is 3.51. The van der Waals surface area contributed by atoms with Crippen molar-refractivity contribution < 1.29 is 4.79 Å². The molecule has 74 valence electrons. The van der Waals surface area contributed by atoms with Gasteiger partial charge in [0.25, 0.3) is 0 Å². The highest BCUT2D eigenvalue weighted by Gasteiger charge is 2.42. The highest BCUT2D eigenvalue weighted by Crippen LogP contribution is 2.46. The van der Waals surface area contributed by atoms with Crippen LogP contribution in [-0.4, -0.2) is 5.78 Å². The molecule has 1 aromatic carbocycles. The van der Waals surface area contributed by atoms with Gasteiger partial charge in [-0.05, 0) is 19.3 Å². The molecule has 1 aliphatic carbocycles. The molecule has 0 amide bonds. The van der Waals surface area contributed by atoms with E-state index in [1.807, 2.05) is 30.3 Å². The molecule has 1 nitrogen and oxygen atoms in total. The molecule has 0 bridgehead atoms. The van der Waals surface area contributed by atoms with Gasteiger partial charge in [0.15, 0.2) is 5.78 Å². The zero-order valence-corrected chi connectivity index (χ0v) is 8.62. The predicted octanol–water partition coefficient (Wildman–Crippen LogP) is 3.45. The average Bonchev–Trinajstić information content (AvgIpc) is 2.18. The molecule has 0 atom stereocenters. The van der Waals surface area contributed by atoms with Crippen molar-refractivity contribution in [3.05, 3.63) is 35.9 Å². The molecule has 0 spiro atoms. The Bertz CT molecular complexity index is 317. The van der Waals surface area contributed by atoms with Crippen molar-refractivity contribution in [3.8, 4) is 0 Å². The lowest BCUT2D eigenvalue weighted by Gasteiger charge is -2.39. The maximum atomic E-state index is 12.2. The van der Waals surface area contributed by atoms with Crippen molar-refractivity contribution in [2.45, 2.75) is 32.6 Å². The smallest absolute Gasteiger partial charge is 0.168 e. The summed E-state index contributed by atoms with van der Waals surface area (Å²) in [7, 11) is 0. The first-order valence-electron chi connectivity index (χ1n) is 5.38. The quantitative estimate of drug-likeness (QED) is 0.664. The molecule has 0 aliphatic heterocycles. The van der Waals surface area contributed by atoms with Crippen LogP contribution < -0.4 is 0 Å². The average molecular weight is 188 g/mol. The highest BCUT2D eigenvalue weighted by atomic mass is 16.1. The van der Waals surface area contributed by atoms with Crippen LogP contribution in [0.25, 0.3) is 0 Å². The Hall–Kier alpha value is -1.11. The summed E-state index contributed by atoms with van der Waals surface area (Å²) >= 11 is 0. The van der Waals surface area contributed by atoms with E-state index in [1.165, 1.54) is 6.42 Å². The van der Waals surface area contributed by atoms with Crippen LogP contribution >= 0.6 is 0 Å². The number of hydrogen-bond donors (Lipinski definition) is 0. The SMILES string of the molecule is CCC1(C(=O)c2ccccc2)CCC1. The van der Waals surface area contributed by atoms with Gasteiger partial charge in [-0.25, -0.2) is 0 Å². The van der Waals surface area contributed by atoms with Crippen LogP contribution in [0.3, 0.4) is 0 Å². The van der Waals surface area contributed by atoms with E-state index in [9.17, 15) is 4.79 Å². The van der Waals surface area contributed by atoms with Gasteiger partial charge in [0, 0.05) is 11.0 Å². The van der Waals surface area contributed by atoms with Crippen molar-refractivity contribution >= 4 is 5.78 Å². The van der Waals surface area contributed by atoms with Gasteiger partial charge in [-0.15, -0.1) is 0 Å². The Balaban J connectivity index is 2.23. The summed E-state index contributed by atoms with van der Waals surface area (Å²) in [5.41, 5.74) is 0.871. The molecule has 1 saturated carbocycles. The van der Waals surface area contributed by atoms with Crippen LogP contribution in [0, 0.1) is 5.41 Å². The fourth-order valence-electron chi connectivity index (χ4n) is 2.24. The monoisotopic (exact) mass is 188 g/mol.